The van der Waals surface area contributed by atoms with Gasteiger partial charge in [0.2, 0.25) is 0 Å². The number of carbonyl (C=O) groups is 1. The van der Waals surface area contributed by atoms with E-state index in [1.165, 1.54) is 11.8 Å². The van der Waals surface area contributed by atoms with E-state index >= 15 is 0 Å². The number of allylic oxidation sites excluding steroid dienone is 1. The number of nitrogen functional groups attached to an aromatic ring is 1. The Hall–Kier alpha value is -2.53. The third kappa shape index (κ3) is 3.36. The van der Waals surface area contributed by atoms with Gasteiger partial charge in [0.05, 0.1) is 10.6 Å². The lowest BCUT2D eigenvalue weighted by Crippen LogP contribution is -2.19. The lowest BCUT2D eigenvalue weighted by Gasteiger charge is -2.04. The molecule has 1 aliphatic rings. The quantitative estimate of drug-likeness (QED) is 0.638. The van der Waals surface area contributed by atoms with E-state index in [4.69, 9.17) is 5.73 Å². The summed E-state index contributed by atoms with van der Waals surface area (Å²) in [7, 11) is 0. The average Bonchev–Trinajstić information content (AvgIpc) is 2.90. The normalized spacial score (nSPS) is 18.0. The van der Waals surface area contributed by atoms with Crippen LogP contribution in [0.4, 0.5) is 11.4 Å². The Morgan fingerprint density at radius 3 is 2.71 bits per heavy atom. The van der Waals surface area contributed by atoms with Crippen molar-refractivity contribution in [2.24, 2.45) is 4.99 Å². The molecule has 1 fully saturated rings. The van der Waals surface area contributed by atoms with Crippen molar-refractivity contribution in [2.45, 2.75) is 20.8 Å². The second-order valence-electron chi connectivity index (χ2n) is 5.84. The van der Waals surface area contributed by atoms with Crippen molar-refractivity contribution in [3.63, 3.8) is 0 Å². The highest BCUT2D eigenvalue weighted by atomic mass is 32.2. The van der Waals surface area contributed by atoms with E-state index in [-0.39, 0.29) is 5.91 Å². The number of rotatable bonds is 2. The van der Waals surface area contributed by atoms with Crippen LogP contribution in [-0.4, -0.2) is 11.1 Å². The molecule has 0 aromatic heterocycles. The maximum atomic E-state index is 12.3. The molecule has 2 aromatic carbocycles. The largest absolute Gasteiger partial charge is 0.399 e. The van der Waals surface area contributed by atoms with Gasteiger partial charge in [0, 0.05) is 5.69 Å². The highest BCUT2D eigenvalue weighted by Crippen LogP contribution is 2.33. The molecule has 0 bridgehead atoms. The molecular weight excluding hydrogens is 318 g/mol. The molecule has 3 rings (SSSR count). The second kappa shape index (κ2) is 6.53. The summed E-state index contributed by atoms with van der Waals surface area (Å²) >= 11 is 1.37. The van der Waals surface area contributed by atoms with Crippen LogP contribution in [0.2, 0.25) is 0 Å². The van der Waals surface area contributed by atoms with Crippen molar-refractivity contribution in [1.29, 1.82) is 0 Å². The topological polar surface area (TPSA) is 67.5 Å². The molecule has 1 heterocycles. The van der Waals surface area contributed by atoms with Crippen LogP contribution in [-0.2, 0) is 4.79 Å². The van der Waals surface area contributed by atoms with Crippen LogP contribution in [0.25, 0.3) is 5.57 Å². The number of hydrogen-bond acceptors (Lipinski definition) is 4. The molecule has 5 heteroatoms. The molecule has 1 amide bonds. The van der Waals surface area contributed by atoms with E-state index < -0.39 is 0 Å². The van der Waals surface area contributed by atoms with E-state index in [9.17, 15) is 4.79 Å². The number of hydrogen-bond donors (Lipinski definition) is 2. The highest BCUT2D eigenvalue weighted by Gasteiger charge is 2.26. The number of anilines is 1. The highest BCUT2D eigenvalue weighted by molar-refractivity contribution is 8.18. The van der Waals surface area contributed by atoms with Crippen LogP contribution < -0.4 is 11.1 Å². The molecule has 1 saturated heterocycles. The van der Waals surface area contributed by atoms with Gasteiger partial charge in [-0.1, -0.05) is 24.3 Å². The van der Waals surface area contributed by atoms with Crippen LogP contribution in [0.1, 0.15) is 23.6 Å². The van der Waals surface area contributed by atoms with Gasteiger partial charge in [-0.05, 0) is 73.0 Å². The minimum Gasteiger partial charge on any atom is -0.399 e. The van der Waals surface area contributed by atoms with Crippen molar-refractivity contribution in [3.8, 4) is 0 Å². The van der Waals surface area contributed by atoms with E-state index in [2.05, 4.69) is 16.4 Å². The predicted molar refractivity (Wildman–Crippen MR) is 102 cm³/mol. The van der Waals surface area contributed by atoms with Crippen molar-refractivity contribution < 1.29 is 4.79 Å². The summed E-state index contributed by atoms with van der Waals surface area (Å²) in [5.74, 6) is -0.121. The third-order valence-corrected chi connectivity index (χ3v) is 4.95. The Labute approximate surface area is 145 Å². The zero-order valence-corrected chi connectivity index (χ0v) is 14.7. The number of carbonyl (C=O) groups excluding carboxylic acids is 1. The van der Waals surface area contributed by atoms with E-state index in [0.717, 1.165) is 28.0 Å². The summed E-state index contributed by atoms with van der Waals surface area (Å²) in [5, 5.41) is 3.45. The summed E-state index contributed by atoms with van der Waals surface area (Å²) < 4.78 is 0. The lowest BCUT2D eigenvalue weighted by atomic mass is 10.1. The maximum absolute atomic E-state index is 12.3. The molecule has 0 aliphatic carbocycles. The second-order valence-corrected chi connectivity index (χ2v) is 6.84. The van der Waals surface area contributed by atoms with Crippen LogP contribution >= 0.6 is 11.8 Å². The zero-order chi connectivity index (χ0) is 17.3. The Morgan fingerprint density at radius 2 is 1.96 bits per heavy atom. The first kappa shape index (κ1) is 16.3. The average molecular weight is 337 g/mol. The van der Waals surface area contributed by atoms with Gasteiger partial charge in [-0.15, -0.1) is 0 Å². The fourth-order valence-electron chi connectivity index (χ4n) is 2.47. The Kier molecular flexibility index (Phi) is 4.44. The Balaban J connectivity index is 1.95. The molecule has 0 radical (unpaired) electrons. The number of nitrogens with one attached hydrogen (secondary N) is 1. The maximum Gasteiger partial charge on any atom is 0.264 e. The van der Waals surface area contributed by atoms with Crippen molar-refractivity contribution in [1.82, 2.24) is 5.32 Å². The van der Waals surface area contributed by atoms with Gasteiger partial charge in [-0.2, -0.15) is 0 Å². The van der Waals surface area contributed by atoms with Gasteiger partial charge in [0.25, 0.3) is 5.91 Å². The third-order valence-electron chi connectivity index (χ3n) is 3.87. The van der Waals surface area contributed by atoms with Crippen molar-refractivity contribution in [3.05, 3.63) is 64.1 Å². The zero-order valence-electron chi connectivity index (χ0n) is 13.9. The van der Waals surface area contributed by atoms with E-state index in [1.807, 2.05) is 57.2 Å². The molecule has 1 aliphatic heterocycles. The van der Waals surface area contributed by atoms with Gasteiger partial charge in [0.15, 0.2) is 5.17 Å². The number of benzene rings is 2. The standard InChI is InChI=1S/C19H19N3OS/c1-11-7-8-12(2)16(9-11)21-19-22-18(23)17(24-19)13(3)14-5-4-6-15(20)10-14/h4-10H,20H2,1-3H3,(H,21,22,23)/b17-13-. The van der Waals surface area contributed by atoms with Crippen LogP contribution in [0, 0.1) is 13.8 Å². The molecule has 2 aromatic rings. The number of amides is 1. The number of nitrogens with two attached hydrogens (primary N) is 1. The van der Waals surface area contributed by atoms with Gasteiger partial charge < -0.3 is 11.1 Å². The fourth-order valence-corrected chi connectivity index (χ4v) is 3.37. The lowest BCUT2D eigenvalue weighted by molar-refractivity contribution is -0.115. The first-order valence-electron chi connectivity index (χ1n) is 7.66. The summed E-state index contributed by atoms with van der Waals surface area (Å²) in [6, 6.07) is 13.6. The first-order valence-corrected chi connectivity index (χ1v) is 8.47. The monoisotopic (exact) mass is 337 g/mol. The molecule has 3 N–H and O–H groups in total. The summed E-state index contributed by atoms with van der Waals surface area (Å²) in [6.07, 6.45) is 0. The molecule has 122 valence electrons. The van der Waals surface area contributed by atoms with Gasteiger partial charge in [0.1, 0.15) is 0 Å². The Bertz CT molecular complexity index is 884. The van der Waals surface area contributed by atoms with Crippen LogP contribution in [0.5, 0.6) is 0 Å². The molecule has 0 unspecified atom stereocenters. The van der Waals surface area contributed by atoms with Crippen molar-refractivity contribution in [2.75, 3.05) is 5.73 Å². The summed E-state index contributed by atoms with van der Waals surface area (Å²) in [6.45, 7) is 5.96. The Morgan fingerprint density at radius 1 is 1.17 bits per heavy atom. The smallest absolute Gasteiger partial charge is 0.264 e. The minimum absolute atomic E-state index is 0.121. The molecule has 0 saturated carbocycles. The van der Waals surface area contributed by atoms with Gasteiger partial charge >= 0.3 is 0 Å². The number of aliphatic imine (C=N–C) groups is 1. The molecule has 24 heavy (non-hydrogen) atoms. The number of nitrogens with zero attached hydrogens (tertiary/aromatic N) is 1. The van der Waals surface area contributed by atoms with E-state index in [1.54, 1.807) is 0 Å². The number of amidine groups is 1. The summed E-state index contributed by atoms with van der Waals surface area (Å²) in [4.78, 5) is 17.6. The molecular formula is C19H19N3OS. The first-order chi connectivity index (χ1) is 11.4. The predicted octanol–water partition coefficient (Wildman–Crippen LogP) is 4.17. The minimum atomic E-state index is -0.121. The van der Waals surface area contributed by atoms with Gasteiger partial charge in [-0.25, -0.2) is 4.99 Å². The molecule has 0 spiro atoms. The SMILES string of the molecule is C/C(=C1/SC(=Nc2cc(C)ccc2C)NC1=O)c1cccc(N)c1. The molecule has 0 atom stereocenters. The molecule has 4 nitrogen and oxygen atoms in total. The van der Waals surface area contributed by atoms with Gasteiger partial charge in [-0.3, -0.25) is 4.79 Å². The fraction of sp³-hybridized carbons (Fsp3) is 0.158. The van der Waals surface area contributed by atoms with Crippen LogP contribution in [0.15, 0.2) is 52.4 Å². The van der Waals surface area contributed by atoms with E-state index in [0.29, 0.717) is 15.8 Å². The van der Waals surface area contributed by atoms with Crippen LogP contribution in [0.3, 0.4) is 0 Å². The van der Waals surface area contributed by atoms with Crippen molar-refractivity contribution >= 4 is 39.8 Å². The summed E-state index contributed by atoms with van der Waals surface area (Å²) in [5.41, 5.74) is 11.5. The number of thioether (sulfide) groups is 1. The number of aryl methyl sites for hydroxylation is 2.